The highest BCUT2D eigenvalue weighted by atomic mass is 16.5. The van der Waals surface area contributed by atoms with Gasteiger partial charge in [-0.2, -0.15) is 0 Å². The molecular formula is C8H13NO2. The number of rotatable bonds is 2. The molecule has 0 atom stereocenters. The third kappa shape index (κ3) is 1.48. The van der Waals surface area contributed by atoms with Gasteiger partial charge in [-0.15, -0.1) is 0 Å². The van der Waals surface area contributed by atoms with Crippen molar-refractivity contribution in [1.82, 2.24) is 0 Å². The van der Waals surface area contributed by atoms with Gasteiger partial charge in [0.05, 0.1) is 19.9 Å². The lowest BCUT2D eigenvalue weighted by atomic mass is 10.1. The quantitative estimate of drug-likeness (QED) is 0.650. The van der Waals surface area contributed by atoms with Crippen molar-refractivity contribution in [3.63, 3.8) is 0 Å². The van der Waals surface area contributed by atoms with Gasteiger partial charge in [-0.3, -0.25) is 0 Å². The Labute approximate surface area is 66.5 Å². The molecule has 0 bridgehead atoms. The van der Waals surface area contributed by atoms with Crippen molar-refractivity contribution in [2.75, 3.05) is 14.2 Å². The van der Waals surface area contributed by atoms with Gasteiger partial charge in [-0.25, -0.2) is 0 Å². The molecule has 0 aromatic carbocycles. The maximum Gasteiger partial charge on any atom is 0.179 e. The molecule has 62 valence electrons. The zero-order valence-corrected chi connectivity index (χ0v) is 6.89. The van der Waals surface area contributed by atoms with Crippen LogP contribution in [0.15, 0.2) is 23.3 Å². The zero-order valence-electron chi connectivity index (χ0n) is 6.89. The molecule has 2 N–H and O–H groups in total. The van der Waals surface area contributed by atoms with Crippen LogP contribution >= 0.6 is 0 Å². The summed E-state index contributed by atoms with van der Waals surface area (Å²) in [6.45, 7) is 0. The summed E-state index contributed by atoms with van der Waals surface area (Å²) >= 11 is 0. The molecule has 0 spiro atoms. The summed E-state index contributed by atoms with van der Waals surface area (Å²) in [5.74, 6) is 1.43. The standard InChI is InChI=1S/C8H13NO2/c1-10-7-5-3-4-6(9)8(7)11-2/h5H,3-4,9H2,1-2H3. The first-order chi connectivity index (χ1) is 5.29. The first-order valence-corrected chi connectivity index (χ1v) is 3.56. The van der Waals surface area contributed by atoms with Crippen LogP contribution < -0.4 is 5.73 Å². The molecule has 0 saturated carbocycles. The van der Waals surface area contributed by atoms with Gasteiger partial charge in [0.25, 0.3) is 0 Å². The molecule has 0 aliphatic heterocycles. The molecule has 1 aliphatic rings. The smallest absolute Gasteiger partial charge is 0.179 e. The maximum absolute atomic E-state index is 5.69. The fraction of sp³-hybridized carbons (Fsp3) is 0.500. The average Bonchev–Trinajstić information content (AvgIpc) is 2.04. The number of hydrogen-bond acceptors (Lipinski definition) is 3. The Bertz CT molecular complexity index is 206. The van der Waals surface area contributed by atoms with Crippen molar-refractivity contribution in [3.8, 4) is 0 Å². The van der Waals surface area contributed by atoms with E-state index < -0.39 is 0 Å². The molecule has 0 fully saturated rings. The van der Waals surface area contributed by atoms with Crippen LogP contribution in [0, 0.1) is 0 Å². The van der Waals surface area contributed by atoms with Crippen LogP contribution in [0.25, 0.3) is 0 Å². The van der Waals surface area contributed by atoms with Crippen LogP contribution in [0.2, 0.25) is 0 Å². The Hall–Kier alpha value is -1.12. The van der Waals surface area contributed by atoms with Gasteiger partial charge in [0.15, 0.2) is 11.5 Å². The molecule has 1 rings (SSSR count). The van der Waals surface area contributed by atoms with Gasteiger partial charge >= 0.3 is 0 Å². The average molecular weight is 155 g/mol. The lowest BCUT2D eigenvalue weighted by Crippen LogP contribution is -2.10. The van der Waals surface area contributed by atoms with Crippen molar-refractivity contribution in [2.45, 2.75) is 12.8 Å². The van der Waals surface area contributed by atoms with E-state index in [0.717, 1.165) is 24.3 Å². The highest BCUT2D eigenvalue weighted by Gasteiger charge is 2.14. The van der Waals surface area contributed by atoms with E-state index in [9.17, 15) is 0 Å². The van der Waals surface area contributed by atoms with Gasteiger partial charge in [-0.05, 0) is 18.9 Å². The number of allylic oxidation sites excluding steroid dienone is 2. The van der Waals surface area contributed by atoms with Crippen molar-refractivity contribution in [2.24, 2.45) is 5.73 Å². The Morgan fingerprint density at radius 2 is 2.09 bits per heavy atom. The molecule has 0 radical (unpaired) electrons. The largest absolute Gasteiger partial charge is 0.493 e. The fourth-order valence-electron chi connectivity index (χ4n) is 1.13. The molecule has 0 heterocycles. The molecule has 0 aromatic heterocycles. The van der Waals surface area contributed by atoms with Crippen LogP contribution in [0.1, 0.15) is 12.8 Å². The number of methoxy groups -OCH3 is 2. The minimum Gasteiger partial charge on any atom is -0.493 e. The number of ether oxygens (including phenoxy) is 2. The van der Waals surface area contributed by atoms with Crippen LogP contribution in [-0.2, 0) is 9.47 Å². The normalized spacial score (nSPS) is 17.8. The van der Waals surface area contributed by atoms with Crippen molar-refractivity contribution in [1.29, 1.82) is 0 Å². The predicted molar refractivity (Wildman–Crippen MR) is 42.5 cm³/mol. The van der Waals surface area contributed by atoms with Crippen LogP contribution in [0.5, 0.6) is 0 Å². The van der Waals surface area contributed by atoms with Gasteiger partial charge in [-0.1, -0.05) is 0 Å². The predicted octanol–water partition coefficient (Wildman–Crippen LogP) is 1.13. The van der Waals surface area contributed by atoms with E-state index in [-0.39, 0.29) is 0 Å². The lowest BCUT2D eigenvalue weighted by molar-refractivity contribution is 0.212. The molecule has 0 aromatic rings. The molecule has 1 aliphatic carbocycles. The summed E-state index contributed by atoms with van der Waals surface area (Å²) in [4.78, 5) is 0. The van der Waals surface area contributed by atoms with Crippen molar-refractivity contribution in [3.05, 3.63) is 23.3 Å². The van der Waals surface area contributed by atoms with Gasteiger partial charge in [0, 0.05) is 0 Å². The van der Waals surface area contributed by atoms with E-state index in [1.54, 1.807) is 14.2 Å². The summed E-state index contributed by atoms with van der Waals surface area (Å²) < 4.78 is 10.1. The Kier molecular flexibility index (Phi) is 2.41. The summed E-state index contributed by atoms with van der Waals surface area (Å²) in [6, 6.07) is 0. The summed E-state index contributed by atoms with van der Waals surface area (Å²) in [5, 5.41) is 0. The monoisotopic (exact) mass is 155 g/mol. The van der Waals surface area contributed by atoms with Gasteiger partial charge in [0.2, 0.25) is 0 Å². The number of nitrogens with two attached hydrogens (primary N) is 1. The Morgan fingerprint density at radius 1 is 1.36 bits per heavy atom. The second-order valence-corrected chi connectivity index (χ2v) is 2.37. The second-order valence-electron chi connectivity index (χ2n) is 2.37. The zero-order chi connectivity index (χ0) is 8.27. The van der Waals surface area contributed by atoms with E-state index in [1.165, 1.54) is 0 Å². The highest BCUT2D eigenvalue weighted by molar-refractivity contribution is 5.28. The van der Waals surface area contributed by atoms with Crippen molar-refractivity contribution >= 4 is 0 Å². The number of hydrogen-bond donors (Lipinski definition) is 1. The van der Waals surface area contributed by atoms with Gasteiger partial charge in [0.1, 0.15) is 0 Å². The topological polar surface area (TPSA) is 44.5 Å². The highest BCUT2D eigenvalue weighted by Crippen LogP contribution is 2.22. The van der Waals surface area contributed by atoms with E-state index >= 15 is 0 Å². The van der Waals surface area contributed by atoms with Crippen molar-refractivity contribution < 1.29 is 9.47 Å². The lowest BCUT2D eigenvalue weighted by Gasteiger charge is -2.16. The molecule has 11 heavy (non-hydrogen) atoms. The molecule has 3 heteroatoms. The van der Waals surface area contributed by atoms with Crippen LogP contribution in [0.4, 0.5) is 0 Å². The molecular weight excluding hydrogens is 142 g/mol. The van der Waals surface area contributed by atoms with E-state index in [1.807, 2.05) is 6.08 Å². The molecule has 3 nitrogen and oxygen atoms in total. The first-order valence-electron chi connectivity index (χ1n) is 3.56. The van der Waals surface area contributed by atoms with Crippen LogP contribution in [0.3, 0.4) is 0 Å². The molecule has 0 saturated heterocycles. The van der Waals surface area contributed by atoms with E-state index in [0.29, 0.717) is 5.76 Å². The van der Waals surface area contributed by atoms with Gasteiger partial charge < -0.3 is 15.2 Å². The minimum atomic E-state index is 0.679. The fourth-order valence-corrected chi connectivity index (χ4v) is 1.13. The van der Waals surface area contributed by atoms with E-state index in [2.05, 4.69) is 0 Å². The molecule has 0 amide bonds. The maximum atomic E-state index is 5.69. The minimum absolute atomic E-state index is 0.679. The Morgan fingerprint density at radius 3 is 2.55 bits per heavy atom. The summed E-state index contributed by atoms with van der Waals surface area (Å²) in [5.41, 5.74) is 6.46. The first kappa shape index (κ1) is 7.98. The Balaban J connectivity index is 2.86. The second kappa shape index (κ2) is 3.32. The SMILES string of the molecule is COC1=CCCC(N)=C1OC. The van der Waals surface area contributed by atoms with E-state index in [4.69, 9.17) is 15.2 Å². The molecule has 0 unspecified atom stereocenters. The third-order valence-electron chi connectivity index (χ3n) is 1.68. The summed E-state index contributed by atoms with van der Waals surface area (Å²) in [7, 11) is 3.21. The van der Waals surface area contributed by atoms with Crippen LogP contribution in [-0.4, -0.2) is 14.2 Å². The third-order valence-corrected chi connectivity index (χ3v) is 1.68. The summed E-state index contributed by atoms with van der Waals surface area (Å²) in [6.07, 6.45) is 3.77.